The molecular weight excluding hydrogens is 272 g/mol. The molecule has 2 aromatic carbocycles. The molecular formula is C15H11ClN4. The molecule has 0 atom stereocenters. The van der Waals surface area contributed by atoms with Crippen LogP contribution in [-0.4, -0.2) is 9.55 Å². The number of nitrogens with two attached hydrogens (primary N) is 1. The Kier molecular flexibility index (Phi) is 2.85. The summed E-state index contributed by atoms with van der Waals surface area (Å²) in [6.45, 7) is 1.99. The number of nitrogen functional groups attached to an aromatic ring is 1. The molecule has 1 heterocycles. The number of nitrogens with zero attached hydrogens (tertiary/aromatic N) is 3. The lowest BCUT2D eigenvalue weighted by Crippen LogP contribution is -2.02. The van der Waals surface area contributed by atoms with Gasteiger partial charge < -0.3 is 5.73 Å². The third-order valence-electron chi connectivity index (χ3n) is 3.16. The molecule has 1 aromatic heterocycles. The molecule has 0 saturated heterocycles. The van der Waals surface area contributed by atoms with Crippen LogP contribution in [0.1, 0.15) is 11.1 Å². The molecule has 4 nitrogen and oxygen atoms in total. The molecule has 0 aliphatic carbocycles. The minimum Gasteiger partial charge on any atom is -0.369 e. The highest BCUT2D eigenvalue weighted by Crippen LogP contribution is 2.27. The molecule has 0 aliphatic heterocycles. The van der Waals surface area contributed by atoms with Gasteiger partial charge >= 0.3 is 0 Å². The number of rotatable bonds is 1. The Morgan fingerprint density at radius 3 is 2.80 bits per heavy atom. The van der Waals surface area contributed by atoms with Crippen molar-refractivity contribution in [3.05, 3.63) is 52.5 Å². The third-order valence-corrected chi connectivity index (χ3v) is 3.39. The number of nitriles is 1. The SMILES string of the molecule is Cc1ccc2c(c1)nc(N)n2-c1cc(Cl)ccc1C#N. The lowest BCUT2D eigenvalue weighted by molar-refractivity contribution is 1.10. The molecule has 0 spiro atoms. The Labute approximate surface area is 121 Å². The van der Waals surface area contributed by atoms with Crippen LogP contribution in [0.3, 0.4) is 0 Å². The number of aromatic nitrogens is 2. The van der Waals surface area contributed by atoms with Crippen LogP contribution in [0.4, 0.5) is 5.95 Å². The van der Waals surface area contributed by atoms with Crippen molar-refractivity contribution in [3.63, 3.8) is 0 Å². The van der Waals surface area contributed by atoms with Crippen molar-refractivity contribution in [1.29, 1.82) is 5.26 Å². The zero-order valence-electron chi connectivity index (χ0n) is 10.8. The van der Waals surface area contributed by atoms with Crippen molar-refractivity contribution in [1.82, 2.24) is 9.55 Å². The number of anilines is 1. The van der Waals surface area contributed by atoms with E-state index >= 15 is 0 Å². The van der Waals surface area contributed by atoms with Crippen LogP contribution in [-0.2, 0) is 0 Å². The van der Waals surface area contributed by atoms with E-state index in [1.807, 2.05) is 25.1 Å². The van der Waals surface area contributed by atoms with Gasteiger partial charge in [-0.15, -0.1) is 0 Å². The summed E-state index contributed by atoms with van der Waals surface area (Å²) in [5.41, 5.74) is 9.91. The molecule has 20 heavy (non-hydrogen) atoms. The molecule has 3 aromatic rings. The summed E-state index contributed by atoms with van der Waals surface area (Å²) in [5.74, 6) is 0.337. The van der Waals surface area contributed by atoms with E-state index in [9.17, 15) is 5.26 Å². The van der Waals surface area contributed by atoms with Gasteiger partial charge in [-0.2, -0.15) is 5.26 Å². The van der Waals surface area contributed by atoms with Gasteiger partial charge in [-0.3, -0.25) is 4.57 Å². The Morgan fingerprint density at radius 1 is 1.25 bits per heavy atom. The van der Waals surface area contributed by atoms with Gasteiger partial charge in [0.25, 0.3) is 0 Å². The quantitative estimate of drug-likeness (QED) is 0.743. The van der Waals surface area contributed by atoms with Crippen molar-refractivity contribution in [3.8, 4) is 11.8 Å². The number of fused-ring (bicyclic) bond motifs is 1. The van der Waals surface area contributed by atoms with E-state index in [4.69, 9.17) is 17.3 Å². The summed E-state index contributed by atoms with van der Waals surface area (Å²) in [6, 6.07) is 13.1. The van der Waals surface area contributed by atoms with Gasteiger partial charge in [0.1, 0.15) is 6.07 Å². The van der Waals surface area contributed by atoms with Gasteiger partial charge in [0.05, 0.1) is 22.3 Å². The fourth-order valence-electron chi connectivity index (χ4n) is 2.25. The molecule has 98 valence electrons. The Bertz CT molecular complexity index is 858. The maximum absolute atomic E-state index is 9.25. The lowest BCUT2D eigenvalue weighted by Gasteiger charge is -2.09. The molecule has 0 fully saturated rings. The molecule has 0 amide bonds. The first kappa shape index (κ1) is 12.5. The van der Waals surface area contributed by atoms with Crippen molar-refractivity contribution in [2.45, 2.75) is 6.92 Å². The second-order valence-electron chi connectivity index (χ2n) is 4.57. The smallest absolute Gasteiger partial charge is 0.205 e. The summed E-state index contributed by atoms with van der Waals surface area (Å²) >= 11 is 6.04. The van der Waals surface area contributed by atoms with Crippen LogP contribution in [0.2, 0.25) is 5.02 Å². The van der Waals surface area contributed by atoms with Gasteiger partial charge in [-0.1, -0.05) is 17.7 Å². The van der Waals surface area contributed by atoms with E-state index in [1.165, 1.54) is 0 Å². The number of halogens is 1. The maximum Gasteiger partial charge on any atom is 0.205 e. The Hall–Kier alpha value is -2.51. The van der Waals surface area contributed by atoms with Gasteiger partial charge in [-0.25, -0.2) is 4.98 Å². The normalized spacial score (nSPS) is 10.7. The summed E-state index contributed by atoms with van der Waals surface area (Å²) in [6.07, 6.45) is 0. The Morgan fingerprint density at radius 2 is 2.05 bits per heavy atom. The topological polar surface area (TPSA) is 67.6 Å². The average Bonchev–Trinajstić information content (AvgIpc) is 2.73. The zero-order chi connectivity index (χ0) is 14.3. The second-order valence-corrected chi connectivity index (χ2v) is 5.01. The number of hydrogen-bond acceptors (Lipinski definition) is 3. The van der Waals surface area contributed by atoms with E-state index in [2.05, 4.69) is 11.1 Å². The van der Waals surface area contributed by atoms with Crippen molar-refractivity contribution >= 4 is 28.6 Å². The number of imidazole rings is 1. The van der Waals surface area contributed by atoms with Crippen LogP contribution in [0, 0.1) is 18.3 Å². The van der Waals surface area contributed by atoms with E-state index in [0.717, 1.165) is 16.6 Å². The van der Waals surface area contributed by atoms with E-state index < -0.39 is 0 Å². The van der Waals surface area contributed by atoms with Crippen molar-refractivity contribution < 1.29 is 0 Å². The highest BCUT2D eigenvalue weighted by Gasteiger charge is 2.13. The fourth-order valence-corrected chi connectivity index (χ4v) is 2.41. The number of hydrogen-bond donors (Lipinski definition) is 1. The molecule has 0 radical (unpaired) electrons. The first-order chi connectivity index (χ1) is 9.60. The van der Waals surface area contributed by atoms with Gasteiger partial charge in [-0.05, 0) is 42.8 Å². The van der Waals surface area contributed by atoms with Crippen LogP contribution in [0.15, 0.2) is 36.4 Å². The minimum absolute atomic E-state index is 0.337. The minimum atomic E-state index is 0.337. The van der Waals surface area contributed by atoms with Gasteiger partial charge in [0.15, 0.2) is 0 Å². The highest BCUT2D eigenvalue weighted by atomic mass is 35.5. The van der Waals surface area contributed by atoms with Crippen LogP contribution < -0.4 is 5.73 Å². The molecule has 0 aliphatic rings. The van der Waals surface area contributed by atoms with Crippen LogP contribution in [0.25, 0.3) is 16.7 Å². The first-order valence-electron chi connectivity index (χ1n) is 6.05. The summed E-state index contributed by atoms with van der Waals surface area (Å²) < 4.78 is 1.75. The second kappa shape index (κ2) is 4.55. The highest BCUT2D eigenvalue weighted by molar-refractivity contribution is 6.30. The largest absolute Gasteiger partial charge is 0.369 e. The van der Waals surface area contributed by atoms with Crippen LogP contribution >= 0.6 is 11.6 Å². The summed E-state index contributed by atoms with van der Waals surface area (Å²) in [4.78, 5) is 4.34. The van der Waals surface area contributed by atoms with Gasteiger partial charge in [0.2, 0.25) is 5.95 Å². The molecule has 5 heteroatoms. The van der Waals surface area contributed by atoms with Crippen LogP contribution in [0.5, 0.6) is 0 Å². The zero-order valence-corrected chi connectivity index (χ0v) is 11.5. The first-order valence-corrected chi connectivity index (χ1v) is 6.42. The van der Waals surface area contributed by atoms with Crippen molar-refractivity contribution in [2.75, 3.05) is 5.73 Å². The predicted molar refractivity (Wildman–Crippen MR) is 79.9 cm³/mol. The fraction of sp³-hybridized carbons (Fsp3) is 0.0667. The summed E-state index contributed by atoms with van der Waals surface area (Å²) in [7, 11) is 0. The van der Waals surface area contributed by atoms with E-state index in [-0.39, 0.29) is 0 Å². The number of benzene rings is 2. The average molecular weight is 283 g/mol. The standard InChI is InChI=1S/C15H11ClN4/c1-9-2-5-13-12(6-9)19-15(18)20(13)14-7-11(16)4-3-10(14)8-17/h2-7H,1H3,(H2,18,19). The molecule has 0 unspecified atom stereocenters. The molecule has 3 rings (SSSR count). The van der Waals surface area contributed by atoms with E-state index in [0.29, 0.717) is 22.2 Å². The lowest BCUT2D eigenvalue weighted by atomic mass is 10.1. The summed E-state index contributed by atoms with van der Waals surface area (Å²) in [5, 5.41) is 9.80. The monoisotopic (exact) mass is 282 g/mol. The predicted octanol–water partition coefficient (Wildman–Crippen LogP) is 3.44. The van der Waals surface area contributed by atoms with Gasteiger partial charge in [0, 0.05) is 5.02 Å². The molecule has 0 bridgehead atoms. The molecule has 0 saturated carbocycles. The molecule has 2 N–H and O–H groups in total. The maximum atomic E-state index is 9.25. The number of aryl methyl sites for hydroxylation is 1. The van der Waals surface area contributed by atoms with Crippen molar-refractivity contribution in [2.24, 2.45) is 0 Å². The van der Waals surface area contributed by atoms with E-state index in [1.54, 1.807) is 22.8 Å². The third kappa shape index (κ3) is 1.89. The Balaban J connectivity index is 2.38.